The molecule has 0 saturated heterocycles. The normalized spacial score (nSPS) is 12.2. The van der Waals surface area contributed by atoms with E-state index in [0.717, 1.165) is 16.2 Å². The molecule has 0 saturated carbocycles. The van der Waals surface area contributed by atoms with Crippen molar-refractivity contribution in [1.29, 1.82) is 0 Å². The molecule has 1 unspecified atom stereocenters. The smallest absolute Gasteiger partial charge is 0.320 e. The highest BCUT2D eigenvalue weighted by Gasteiger charge is 2.13. The predicted octanol–water partition coefficient (Wildman–Crippen LogP) is 1.53. The summed E-state index contributed by atoms with van der Waals surface area (Å²) in [5, 5.41) is 13.6. The Morgan fingerprint density at radius 1 is 1.42 bits per heavy atom. The van der Waals surface area contributed by atoms with Gasteiger partial charge in [0, 0.05) is 29.2 Å². The molecule has 0 aliphatic rings. The Kier molecular flexibility index (Phi) is 4.59. The molecule has 3 rings (SSSR count). The van der Waals surface area contributed by atoms with Crippen molar-refractivity contribution in [3.05, 3.63) is 53.3 Å². The van der Waals surface area contributed by atoms with Crippen LogP contribution in [0.4, 0.5) is 5.69 Å². The number of imidazole rings is 1. The van der Waals surface area contributed by atoms with Gasteiger partial charge in [-0.25, -0.2) is 4.98 Å². The molecule has 0 aliphatic heterocycles. The van der Waals surface area contributed by atoms with Gasteiger partial charge in [-0.1, -0.05) is 12.1 Å². The summed E-state index contributed by atoms with van der Waals surface area (Å²) >= 11 is 1.48. The molecule has 1 aromatic carbocycles. The molecule has 24 heavy (non-hydrogen) atoms. The summed E-state index contributed by atoms with van der Waals surface area (Å²) in [7, 11) is 0. The van der Waals surface area contributed by atoms with E-state index in [1.165, 1.54) is 11.3 Å². The lowest BCUT2D eigenvalue weighted by Gasteiger charge is -2.09. The number of carboxylic acid groups (broad SMARTS) is 1. The maximum absolute atomic E-state index is 12.2. The number of fused-ring (bicyclic) bond motifs is 1. The van der Waals surface area contributed by atoms with Gasteiger partial charge in [0.05, 0.1) is 6.42 Å². The Morgan fingerprint density at radius 2 is 2.25 bits per heavy atom. The minimum Gasteiger partial charge on any atom is -0.480 e. The highest BCUT2D eigenvalue weighted by molar-refractivity contribution is 7.15. The summed E-state index contributed by atoms with van der Waals surface area (Å²) in [6, 6.07) is 6.08. The van der Waals surface area contributed by atoms with Crippen LogP contribution < -0.4 is 11.1 Å². The Labute approximate surface area is 141 Å². The Balaban J connectivity index is 1.66. The van der Waals surface area contributed by atoms with Crippen LogP contribution in [0.15, 0.2) is 42.0 Å². The van der Waals surface area contributed by atoms with E-state index in [0.29, 0.717) is 5.69 Å². The lowest BCUT2D eigenvalue weighted by molar-refractivity contribution is -0.138. The molecule has 0 bridgehead atoms. The van der Waals surface area contributed by atoms with E-state index in [9.17, 15) is 9.59 Å². The standard InChI is InChI=1S/C16H16N4O3S/c17-13(15(22)23)7-10-2-1-3-11(6-10)19-14(21)8-12-9-24-16-18-4-5-20(12)16/h1-6,9,13H,7-8,17H2,(H,19,21)(H,22,23). The summed E-state index contributed by atoms with van der Waals surface area (Å²) in [5.41, 5.74) is 7.79. The highest BCUT2D eigenvalue weighted by atomic mass is 32.1. The third kappa shape index (κ3) is 3.61. The molecule has 124 valence electrons. The fourth-order valence-corrected chi connectivity index (χ4v) is 3.24. The van der Waals surface area contributed by atoms with Gasteiger partial charge in [-0.3, -0.25) is 14.0 Å². The number of nitrogens with two attached hydrogens (primary N) is 1. The quantitative estimate of drug-likeness (QED) is 0.628. The second kappa shape index (κ2) is 6.81. The van der Waals surface area contributed by atoms with Crippen molar-refractivity contribution in [2.75, 3.05) is 5.32 Å². The highest BCUT2D eigenvalue weighted by Crippen LogP contribution is 2.16. The number of anilines is 1. The molecule has 0 fully saturated rings. The molecule has 3 aromatic rings. The van der Waals surface area contributed by atoms with Crippen molar-refractivity contribution >= 4 is 33.9 Å². The van der Waals surface area contributed by atoms with Crippen LogP contribution in [-0.4, -0.2) is 32.4 Å². The van der Waals surface area contributed by atoms with Crippen LogP contribution in [0.2, 0.25) is 0 Å². The lowest BCUT2D eigenvalue weighted by Crippen LogP contribution is -2.32. The number of carbonyl (C=O) groups excluding carboxylic acids is 1. The van der Waals surface area contributed by atoms with Crippen LogP contribution in [-0.2, 0) is 22.4 Å². The second-order valence-electron chi connectivity index (χ2n) is 5.38. The fraction of sp³-hybridized carbons (Fsp3) is 0.188. The third-order valence-electron chi connectivity index (χ3n) is 3.54. The van der Waals surface area contributed by atoms with E-state index in [4.69, 9.17) is 10.8 Å². The maximum atomic E-state index is 12.2. The van der Waals surface area contributed by atoms with Crippen molar-refractivity contribution in [3.63, 3.8) is 0 Å². The number of nitrogens with one attached hydrogen (secondary N) is 1. The summed E-state index contributed by atoms with van der Waals surface area (Å²) in [6.45, 7) is 0. The molecule has 2 aromatic heterocycles. The number of rotatable bonds is 6. The van der Waals surface area contributed by atoms with E-state index >= 15 is 0 Å². The van der Waals surface area contributed by atoms with Gasteiger partial charge in [-0.2, -0.15) is 0 Å². The summed E-state index contributed by atoms with van der Waals surface area (Å²) in [4.78, 5) is 28.1. The fourth-order valence-electron chi connectivity index (χ4n) is 2.39. The van der Waals surface area contributed by atoms with Crippen LogP contribution in [0.25, 0.3) is 4.96 Å². The number of nitrogens with zero attached hydrogens (tertiary/aromatic N) is 2. The first-order chi connectivity index (χ1) is 11.5. The molecule has 1 amide bonds. The number of hydrogen-bond acceptors (Lipinski definition) is 5. The first-order valence-corrected chi connectivity index (χ1v) is 8.17. The average molecular weight is 344 g/mol. The minimum atomic E-state index is -1.05. The average Bonchev–Trinajstić information content (AvgIpc) is 3.12. The summed E-state index contributed by atoms with van der Waals surface area (Å²) < 4.78 is 1.88. The first-order valence-electron chi connectivity index (χ1n) is 7.29. The largest absolute Gasteiger partial charge is 0.480 e. The van der Waals surface area contributed by atoms with E-state index < -0.39 is 12.0 Å². The number of aromatic nitrogens is 2. The summed E-state index contributed by atoms with van der Waals surface area (Å²) in [6.07, 6.45) is 3.96. The molecule has 8 heteroatoms. The van der Waals surface area contributed by atoms with Gasteiger partial charge in [0.2, 0.25) is 5.91 Å². The number of carbonyl (C=O) groups is 2. The van der Waals surface area contributed by atoms with Gasteiger partial charge in [0.15, 0.2) is 4.96 Å². The van der Waals surface area contributed by atoms with Crippen LogP contribution in [0.5, 0.6) is 0 Å². The number of carboxylic acids is 1. The van der Waals surface area contributed by atoms with Crippen molar-refractivity contribution in [2.45, 2.75) is 18.9 Å². The second-order valence-corrected chi connectivity index (χ2v) is 6.22. The molecule has 4 N–H and O–H groups in total. The zero-order chi connectivity index (χ0) is 17.1. The first kappa shape index (κ1) is 16.2. The van der Waals surface area contributed by atoms with Crippen LogP contribution in [0, 0.1) is 0 Å². The zero-order valence-corrected chi connectivity index (χ0v) is 13.5. The van der Waals surface area contributed by atoms with Crippen molar-refractivity contribution in [3.8, 4) is 0 Å². The van der Waals surface area contributed by atoms with Crippen molar-refractivity contribution in [2.24, 2.45) is 5.73 Å². The molecular formula is C16H16N4O3S. The minimum absolute atomic E-state index is 0.150. The van der Waals surface area contributed by atoms with Crippen LogP contribution in [0.3, 0.4) is 0 Å². The number of aliphatic carboxylic acids is 1. The number of hydrogen-bond donors (Lipinski definition) is 3. The monoisotopic (exact) mass is 344 g/mol. The third-order valence-corrected chi connectivity index (χ3v) is 4.44. The van der Waals surface area contributed by atoms with E-state index in [-0.39, 0.29) is 18.7 Å². The molecule has 0 spiro atoms. The Morgan fingerprint density at radius 3 is 3.04 bits per heavy atom. The maximum Gasteiger partial charge on any atom is 0.320 e. The molecule has 7 nitrogen and oxygen atoms in total. The van der Waals surface area contributed by atoms with Gasteiger partial charge in [-0.15, -0.1) is 11.3 Å². The zero-order valence-electron chi connectivity index (χ0n) is 12.7. The topological polar surface area (TPSA) is 110 Å². The van der Waals surface area contributed by atoms with E-state index in [2.05, 4.69) is 10.3 Å². The SMILES string of the molecule is NC(Cc1cccc(NC(=O)Cc2csc3nccn23)c1)C(=O)O. The van der Waals surface area contributed by atoms with E-state index in [1.807, 2.05) is 16.0 Å². The van der Waals surface area contributed by atoms with Crippen molar-refractivity contribution in [1.82, 2.24) is 9.38 Å². The predicted molar refractivity (Wildman–Crippen MR) is 91.2 cm³/mol. The number of amides is 1. The lowest BCUT2D eigenvalue weighted by atomic mass is 10.1. The summed E-state index contributed by atoms with van der Waals surface area (Å²) in [5.74, 6) is -1.20. The van der Waals surface area contributed by atoms with Gasteiger partial charge in [-0.05, 0) is 24.1 Å². The number of thiazole rings is 1. The molecule has 2 heterocycles. The van der Waals surface area contributed by atoms with E-state index in [1.54, 1.807) is 30.5 Å². The van der Waals surface area contributed by atoms with Gasteiger partial charge in [0.1, 0.15) is 6.04 Å². The van der Waals surface area contributed by atoms with Crippen LogP contribution in [0.1, 0.15) is 11.3 Å². The molecule has 0 radical (unpaired) electrons. The van der Waals surface area contributed by atoms with Gasteiger partial charge >= 0.3 is 5.97 Å². The van der Waals surface area contributed by atoms with Crippen LogP contribution >= 0.6 is 11.3 Å². The Bertz CT molecular complexity index is 886. The number of benzene rings is 1. The Hall–Kier alpha value is -2.71. The molecule has 1 atom stereocenters. The van der Waals surface area contributed by atoms with Gasteiger partial charge in [0.25, 0.3) is 0 Å². The van der Waals surface area contributed by atoms with Gasteiger partial charge < -0.3 is 16.2 Å². The molecular weight excluding hydrogens is 328 g/mol. The molecule has 0 aliphatic carbocycles. The van der Waals surface area contributed by atoms with Crippen molar-refractivity contribution < 1.29 is 14.7 Å².